The Morgan fingerprint density at radius 3 is 2.95 bits per heavy atom. The van der Waals surface area contributed by atoms with E-state index in [1.165, 1.54) is 11.3 Å². The molecule has 0 saturated heterocycles. The second-order valence-corrected chi connectivity index (χ2v) is 5.92. The minimum atomic E-state index is 0.378. The number of nitrogens with one attached hydrogen (secondary N) is 1. The van der Waals surface area contributed by atoms with Crippen molar-refractivity contribution in [1.82, 2.24) is 20.1 Å². The lowest BCUT2D eigenvalue weighted by Crippen LogP contribution is -2.26. The molecule has 1 atom stereocenters. The standard InChI is InChI=1S/C16H22N6/c1-12-10-13-6-4-5-7-14(13)22(12)15-11-18-20-16(19-15)17-8-9-21(2)3/h4-7,11-12H,8-10H2,1-3H3,(H,17,19,20). The van der Waals surface area contributed by atoms with E-state index < -0.39 is 0 Å². The zero-order valence-corrected chi connectivity index (χ0v) is 13.3. The fraction of sp³-hybridized carbons (Fsp3) is 0.438. The van der Waals surface area contributed by atoms with Crippen LogP contribution >= 0.6 is 0 Å². The number of aromatic nitrogens is 3. The topological polar surface area (TPSA) is 57.2 Å². The predicted octanol–water partition coefficient (Wildman–Crippen LogP) is 1.93. The maximum atomic E-state index is 4.62. The molecule has 0 bridgehead atoms. The number of para-hydroxylation sites is 1. The van der Waals surface area contributed by atoms with Crippen molar-refractivity contribution in [1.29, 1.82) is 0 Å². The predicted molar refractivity (Wildman–Crippen MR) is 88.6 cm³/mol. The Bertz CT molecular complexity index is 642. The number of fused-ring (bicyclic) bond motifs is 1. The summed E-state index contributed by atoms with van der Waals surface area (Å²) >= 11 is 0. The van der Waals surface area contributed by atoms with Crippen molar-refractivity contribution in [3.63, 3.8) is 0 Å². The van der Waals surface area contributed by atoms with E-state index in [-0.39, 0.29) is 0 Å². The van der Waals surface area contributed by atoms with Gasteiger partial charge in [0.15, 0.2) is 5.82 Å². The summed E-state index contributed by atoms with van der Waals surface area (Å²) in [5.41, 5.74) is 2.57. The molecule has 6 nitrogen and oxygen atoms in total. The first-order valence-electron chi connectivity index (χ1n) is 7.60. The molecular weight excluding hydrogens is 276 g/mol. The molecule has 0 amide bonds. The molecule has 6 heteroatoms. The van der Waals surface area contributed by atoms with Gasteiger partial charge >= 0.3 is 0 Å². The smallest absolute Gasteiger partial charge is 0.244 e. The highest BCUT2D eigenvalue weighted by Crippen LogP contribution is 2.36. The molecule has 3 rings (SSSR count). The number of anilines is 3. The third-order valence-corrected chi connectivity index (χ3v) is 3.84. The van der Waals surface area contributed by atoms with Gasteiger partial charge in [-0.25, -0.2) is 0 Å². The van der Waals surface area contributed by atoms with Crippen LogP contribution in [0.2, 0.25) is 0 Å². The molecule has 22 heavy (non-hydrogen) atoms. The van der Waals surface area contributed by atoms with Crippen molar-refractivity contribution in [2.75, 3.05) is 37.4 Å². The van der Waals surface area contributed by atoms with Gasteiger partial charge in [-0.05, 0) is 39.1 Å². The first kappa shape index (κ1) is 14.7. The Labute approximate surface area is 131 Å². The minimum Gasteiger partial charge on any atom is -0.352 e. The lowest BCUT2D eigenvalue weighted by Gasteiger charge is -2.23. The van der Waals surface area contributed by atoms with Crippen molar-refractivity contribution < 1.29 is 0 Å². The number of hydrogen-bond donors (Lipinski definition) is 1. The Hall–Kier alpha value is -2.21. The van der Waals surface area contributed by atoms with Crippen molar-refractivity contribution in [3.8, 4) is 0 Å². The average molecular weight is 298 g/mol. The summed E-state index contributed by atoms with van der Waals surface area (Å²) in [6.45, 7) is 3.93. The highest BCUT2D eigenvalue weighted by atomic mass is 15.3. The zero-order valence-electron chi connectivity index (χ0n) is 13.3. The van der Waals surface area contributed by atoms with E-state index in [4.69, 9.17) is 0 Å². The van der Waals surface area contributed by atoms with Crippen LogP contribution in [0.15, 0.2) is 30.5 Å². The number of benzene rings is 1. The molecular formula is C16H22N6. The molecule has 0 aliphatic carbocycles. The largest absolute Gasteiger partial charge is 0.352 e. The summed E-state index contributed by atoms with van der Waals surface area (Å²) in [4.78, 5) is 8.97. The van der Waals surface area contributed by atoms with Gasteiger partial charge in [0.2, 0.25) is 5.95 Å². The quantitative estimate of drug-likeness (QED) is 0.910. The van der Waals surface area contributed by atoms with E-state index in [0.717, 1.165) is 25.3 Å². The van der Waals surface area contributed by atoms with E-state index in [1.54, 1.807) is 6.20 Å². The van der Waals surface area contributed by atoms with Crippen LogP contribution < -0.4 is 10.2 Å². The molecule has 0 saturated carbocycles. The van der Waals surface area contributed by atoms with Gasteiger partial charge in [-0.15, -0.1) is 5.10 Å². The first-order valence-corrected chi connectivity index (χ1v) is 7.60. The van der Waals surface area contributed by atoms with Gasteiger partial charge in [0.05, 0.1) is 6.20 Å². The van der Waals surface area contributed by atoms with Crippen LogP contribution in [0.4, 0.5) is 17.5 Å². The lowest BCUT2D eigenvalue weighted by molar-refractivity contribution is 0.425. The highest BCUT2D eigenvalue weighted by molar-refractivity contribution is 5.68. The second-order valence-electron chi connectivity index (χ2n) is 5.92. The average Bonchev–Trinajstić information content (AvgIpc) is 2.83. The summed E-state index contributed by atoms with van der Waals surface area (Å²) in [6.07, 6.45) is 2.76. The van der Waals surface area contributed by atoms with Crippen LogP contribution in [-0.4, -0.2) is 53.3 Å². The Morgan fingerprint density at radius 2 is 2.14 bits per heavy atom. The summed E-state index contributed by atoms with van der Waals surface area (Å²) in [7, 11) is 4.08. The van der Waals surface area contributed by atoms with Gasteiger partial charge in [0.25, 0.3) is 0 Å². The van der Waals surface area contributed by atoms with Crippen LogP contribution in [0.5, 0.6) is 0 Å². The molecule has 0 radical (unpaired) electrons. The second kappa shape index (κ2) is 6.27. The Morgan fingerprint density at radius 1 is 1.32 bits per heavy atom. The maximum Gasteiger partial charge on any atom is 0.244 e. The van der Waals surface area contributed by atoms with E-state index >= 15 is 0 Å². The van der Waals surface area contributed by atoms with Crippen molar-refractivity contribution in [2.24, 2.45) is 0 Å². The molecule has 1 aromatic heterocycles. The van der Waals surface area contributed by atoms with Gasteiger partial charge in [-0.3, -0.25) is 0 Å². The monoisotopic (exact) mass is 298 g/mol. The van der Waals surface area contributed by atoms with Gasteiger partial charge in [0, 0.05) is 24.8 Å². The molecule has 2 aromatic rings. The molecule has 0 fully saturated rings. The molecule has 1 aliphatic heterocycles. The summed E-state index contributed by atoms with van der Waals surface area (Å²) < 4.78 is 0. The third-order valence-electron chi connectivity index (χ3n) is 3.84. The van der Waals surface area contributed by atoms with E-state index in [1.807, 2.05) is 14.1 Å². The number of likely N-dealkylation sites (N-methyl/N-ethyl adjacent to an activating group) is 1. The molecule has 1 N–H and O–H groups in total. The summed E-state index contributed by atoms with van der Waals surface area (Å²) in [5, 5.41) is 11.4. The Balaban J connectivity index is 1.80. The van der Waals surface area contributed by atoms with Crippen LogP contribution in [0.3, 0.4) is 0 Å². The zero-order chi connectivity index (χ0) is 15.5. The van der Waals surface area contributed by atoms with Gasteiger partial charge in [0.1, 0.15) is 0 Å². The first-order chi connectivity index (χ1) is 10.6. The highest BCUT2D eigenvalue weighted by Gasteiger charge is 2.28. The van der Waals surface area contributed by atoms with Crippen molar-refractivity contribution in [3.05, 3.63) is 36.0 Å². The van der Waals surface area contributed by atoms with Crippen molar-refractivity contribution in [2.45, 2.75) is 19.4 Å². The van der Waals surface area contributed by atoms with Crippen LogP contribution in [-0.2, 0) is 6.42 Å². The number of rotatable bonds is 5. The third kappa shape index (κ3) is 3.01. The van der Waals surface area contributed by atoms with E-state index in [2.05, 4.69) is 61.5 Å². The van der Waals surface area contributed by atoms with Gasteiger partial charge < -0.3 is 15.1 Å². The molecule has 1 aromatic carbocycles. The number of hydrogen-bond acceptors (Lipinski definition) is 6. The lowest BCUT2D eigenvalue weighted by atomic mass is 10.1. The fourth-order valence-electron chi connectivity index (χ4n) is 2.79. The SMILES string of the molecule is CC1Cc2ccccc2N1c1cnnc(NCCN(C)C)n1. The fourth-order valence-corrected chi connectivity index (χ4v) is 2.79. The summed E-state index contributed by atoms with van der Waals surface area (Å²) in [6, 6.07) is 8.84. The van der Waals surface area contributed by atoms with Crippen LogP contribution in [0.1, 0.15) is 12.5 Å². The van der Waals surface area contributed by atoms with E-state index in [9.17, 15) is 0 Å². The normalized spacial score (nSPS) is 16.9. The molecule has 2 heterocycles. The Kier molecular flexibility index (Phi) is 4.20. The van der Waals surface area contributed by atoms with Crippen molar-refractivity contribution >= 4 is 17.5 Å². The van der Waals surface area contributed by atoms with Crippen LogP contribution in [0.25, 0.3) is 0 Å². The molecule has 116 valence electrons. The van der Waals surface area contributed by atoms with Gasteiger partial charge in [-0.2, -0.15) is 10.1 Å². The van der Waals surface area contributed by atoms with Gasteiger partial charge in [-0.1, -0.05) is 18.2 Å². The number of nitrogens with zero attached hydrogens (tertiary/aromatic N) is 5. The molecule has 1 unspecified atom stereocenters. The molecule has 1 aliphatic rings. The maximum absolute atomic E-state index is 4.62. The van der Waals surface area contributed by atoms with E-state index in [0.29, 0.717) is 12.0 Å². The van der Waals surface area contributed by atoms with Crippen LogP contribution in [0, 0.1) is 0 Å². The summed E-state index contributed by atoms with van der Waals surface area (Å²) in [5.74, 6) is 1.43. The minimum absolute atomic E-state index is 0.378. The molecule has 0 spiro atoms.